The molecule has 1 aromatic rings. The zero-order chi connectivity index (χ0) is 18.9. The molecule has 1 aliphatic heterocycles. The highest BCUT2D eigenvalue weighted by Gasteiger charge is 2.35. The van der Waals surface area contributed by atoms with Crippen molar-refractivity contribution in [2.24, 2.45) is 5.92 Å². The average molecular weight is 401 g/mol. The van der Waals surface area contributed by atoms with Gasteiger partial charge in [-0.05, 0) is 32.1 Å². The molecule has 1 amide bonds. The summed E-state index contributed by atoms with van der Waals surface area (Å²) in [6.45, 7) is 7.55. The van der Waals surface area contributed by atoms with E-state index in [0.717, 1.165) is 17.5 Å². The number of aromatic nitrogens is 3. The Labute approximate surface area is 159 Å². The van der Waals surface area contributed by atoms with Gasteiger partial charge in [0, 0.05) is 25.0 Å². The molecule has 1 saturated carbocycles. The number of hydrogen-bond donors (Lipinski definition) is 0. The van der Waals surface area contributed by atoms with Gasteiger partial charge in [0.1, 0.15) is 5.82 Å². The average Bonchev–Trinajstić information content (AvgIpc) is 3.24. The third-order valence-electron chi connectivity index (χ3n) is 4.86. The second kappa shape index (κ2) is 7.88. The van der Waals surface area contributed by atoms with Crippen LogP contribution in [-0.2, 0) is 21.2 Å². The first kappa shape index (κ1) is 19.7. The fraction of sp³-hybridized carbons (Fsp3) is 0.824. The number of thioether (sulfide) groups is 1. The molecule has 0 spiro atoms. The normalized spacial score (nSPS) is 22.1. The highest BCUT2D eigenvalue weighted by atomic mass is 32.2. The molecule has 7 nitrogen and oxygen atoms in total. The van der Waals surface area contributed by atoms with E-state index in [2.05, 4.69) is 21.7 Å². The predicted molar refractivity (Wildman–Crippen MR) is 102 cm³/mol. The van der Waals surface area contributed by atoms with Crippen molar-refractivity contribution in [3.05, 3.63) is 5.82 Å². The molecule has 2 fully saturated rings. The van der Waals surface area contributed by atoms with Crippen molar-refractivity contribution in [1.29, 1.82) is 0 Å². The summed E-state index contributed by atoms with van der Waals surface area (Å²) in [5.41, 5.74) is 0. The van der Waals surface area contributed by atoms with Crippen LogP contribution in [0.3, 0.4) is 0 Å². The van der Waals surface area contributed by atoms with E-state index < -0.39 is 9.84 Å². The molecule has 0 bridgehead atoms. The van der Waals surface area contributed by atoms with Crippen LogP contribution in [0, 0.1) is 5.92 Å². The molecule has 26 heavy (non-hydrogen) atoms. The number of nitrogens with zero attached hydrogens (tertiary/aromatic N) is 4. The monoisotopic (exact) mass is 400 g/mol. The fourth-order valence-electron chi connectivity index (χ4n) is 3.43. The van der Waals surface area contributed by atoms with Gasteiger partial charge in [0.2, 0.25) is 5.91 Å². The van der Waals surface area contributed by atoms with Crippen LogP contribution in [0.15, 0.2) is 5.16 Å². The molecule has 0 N–H and O–H groups in total. The van der Waals surface area contributed by atoms with E-state index in [0.29, 0.717) is 24.8 Å². The fourth-order valence-corrected chi connectivity index (χ4v) is 6.05. The summed E-state index contributed by atoms with van der Waals surface area (Å²) in [5, 5.41) is 9.36. The van der Waals surface area contributed by atoms with Crippen LogP contribution in [0.4, 0.5) is 0 Å². The molecular weight excluding hydrogens is 372 g/mol. The van der Waals surface area contributed by atoms with Gasteiger partial charge in [-0.25, -0.2) is 8.42 Å². The number of sulfone groups is 1. The Morgan fingerprint density at radius 1 is 1.31 bits per heavy atom. The summed E-state index contributed by atoms with van der Waals surface area (Å²) >= 11 is 1.41. The van der Waals surface area contributed by atoms with E-state index >= 15 is 0 Å². The molecule has 2 aliphatic rings. The molecule has 2 heterocycles. The molecule has 0 unspecified atom stereocenters. The largest absolute Gasteiger partial charge is 0.338 e. The van der Waals surface area contributed by atoms with Crippen molar-refractivity contribution in [2.45, 2.75) is 63.7 Å². The van der Waals surface area contributed by atoms with E-state index in [1.807, 2.05) is 13.8 Å². The topological polar surface area (TPSA) is 85.2 Å². The summed E-state index contributed by atoms with van der Waals surface area (Å²) < 4.78 is 25.7. The molecule has 0 aromatic carbocycles. The van der Waals surface area contributed by atoms with Crippen LogP contribution in [0.1, 0.15) is 51.8 Å². The van der Waals surface area contributed by atoms with Gasteiger partial charge in [-0.15, -0.1) is 10.2 Å². The van der Waals surface area contributed by atoms with E-state index in [9.17, 15) is 13.2 Å². The van der Waals surface area contributed by atoms with Gasteiger partial charge in [0.05, 0.1) is 17.3 Å². The number of carbonyl (C=O) groups excluding carboxylic acids is 1. The Hall–Kier alpha value is -1.09. The number of rotatable bonds is 8. The molecule has 9 heteroatoms. The zero-order valence-corrected chi connectivity index (χ0v) is 17.4. The van der Waals surface area contributed by atoms with Gasteiger partial charge in [-0.3, -0.25) is 4.79 Å². The summed E-state index contributed by atoms with van der Waals surface area (Å²) in [7, 11) is -3.01. The third-order valence-corrected chi connectivity index (χ3v) is 7.56. The Bertz CT molecular complexity index is 756. The smallest absolute Gasteiger partial charge is 0.233 e. The standard InChI is InChI=1S/C17H28N4O3S2/c1-4-20-16(13-5-6-13)18-19-17(20)25-10-15(22)21(9-12(2)3)14-7-8-26(23,24)11-14/h12-14H,4-11H2,1-3H3/t14-/m0/s1. The molecule has 1 saturated heterocycles. The van der Waals surface area contributed by atoms with E-state index in [-0.39, 0.29) is 29.2 Å². The zero-order valence-electron chi connectivity index (χ0n) is 15.7. The Morgan fingerprint density at radius 3 is 2.58 bits per heavy atom. The van der Waals surface area contributed by atoms with Crippen LogP contribution in [-0.4, -0.2) is 63.8 Å². The first-order valence-electron chi connectivity index (χ1n) is 9.36. The van der Waals surface area contributed by atoms with Gasteiger partial charge in [-0.1, -0.05) is 25.6 Å². The summed E-state index contributed by atoms with van der Waals surface area (Å²) in [6.07, 6.45) is 2.88. The number of amides is 1. The molecule has 1 aliphatic carbocycles. The van der Waals surface area contributed by atoms with Crippen LogP contribution in [0.5, 0.6) is 0 Å². The van der Waals surface area contributed by atoms with Gasteiger partial charge >= 0.3 is 0 Å². The minimum absolute atomic E-state index is 0.00979. The molecule has 1 aromatic heterocycles. The van der Waals surface area contributed by atoms with E-state index in [1.165, 1.54) is 24.6 Å². The Balaban J connectivity index is 1.66. The lowest BCUT2D eigenvalue weighted by Crippen LogP contribution is -2.44. The maximum absolute atomic E-state index is 12.9. The first-order chi connectivity index (χ1) is 12.3. The minimum atomic E-state index is -3.01. The van der Waals surface area contributed by atoms with Crippen LogP contribution in [0.25, 0.3) is 0 Å². The van der Waals surface area contributed by atoms with Gasteiger partial charge < -0.3 is 9.47 Å². The third kappa shape index (κ3) is 4.60. The van der Waals surface area contributed by atoms with Crippen LogP contribution >= 0.6 is 11.8 Å². The Morgan fingerprint density at radius 2 is 2.04 bits per heavy atom. The maximum atomic E-state index is 12.9. The summed E-state index contributed by atoms with van der Waals surface area (Å²) in [6, 6.07) is -0.193. The first-order valence-corrected chi connectivity index (χ1v) is 12.2. The number of hydrogen-bond acceptors (Lipinski definition) is 6. The summed E-state index contributed by atoms with van der Waals surface area (Å²) in [5.74, 6) is 2.38. The van der Waals surface area contributed by atoms with Crippen molar-refractivity contribution in [1.82, 2.24) is 19.7 Å². The van der Waals surface area contributed by atoms with Crippen molar-refractivity contribution >= 4 is 27.5 Å². The SMILES string of the molecule is CCn1c(SCC(=O)N(CC(C)C)[C@H]2CCS(=O)(=O)C2)nnc1C1CC1. The van der Waals surface area contributed by atoms with E-state index in [4.69, 9.17) is 0 Å². The molecule has 1 atom stereocenters. The highest BCUT2D eigenvalue weighted by molar-refractivity contribution is 7.99. The quantitative estimate of drug-likeness (QED) is 0.620. The maximum Gasteiger partial charge on any atom is 0.233 e. The second-order valence-corrected chi connectivity index (χ2v) is 10.8. The predicted octanol–water partition coefficient (Wildman–Crippen LogP) is 1.94. The highest BCUT2D eigenvalue weighted by Crippen LogP contribution is 2.40. The van der Waals surface area contributed by atoms with Crippen molar-refractivity contribution in [3.8, 4) is 0 Å². The molecule has 3 rings (SSSR count). The molecule has 146 valence electrons. The van der Waals surface area contributed by atoms with Crippen molar-refractivity contribution < 1.29 is 13.2 Å². The lowest BCUT2D eigenvalue weighted by Gasteiger charge is -2.29. The van der Waals surface area contributed by atoms with Crippen LogP contribution < -0.4 is 0 Å². The van der Waals surface area contributed by atoms with Crippen molar-refractivity contribution in [3.63, 3.8) is 0 Å². The lowest BCUT2D eigenvalue weighted by molar-refractivity contribution is -0.130. The van der Waals surface area contributed by atoms with Gasteiger partial charge in [-0.2, -0.15) is 0 Å². The van der Waals surface area contributed by atoms with Crippen molar-refractivity contribution in [2.75, 3.05) is 23.8 Å². The summed E-state index contributed by atoms with van der Waals surface area (Å²) in [4.78, 5) is 14.6. The number of carbonyl (C=O) groups is 1. The molecule has 0 radical (unpaired) electrons. The van der Waals surface area contributed by atoms with Gasteiger partial charge in [0.15, 0.2) is 15.0 Å². The minimum Gasteiger partial charge on any atom is -0.338 e. The molecular formula is C17H28N4O3S2. The van der Waals surface area contributed by atoms with Gasteiger partial charge in [0.25, 0.3) is 0 Å². The second-order valence-electron chi connectivity index (χ2n) is 7.64. The lowest BCUT2D eigenvalue weighted by atomic mass is 10.1. The van der Waals surface area contributed by atoms with E-state index in [1.54, 1.807) is 4.90 Å². The van der Waals surface area contributed by atoms with Crippen LogP contribution in [0.2, 0.25) is 0 Å². The Kier molecular flexibility index (Phi) is 5.96.